The van der Waals surface area contributed by atoms with Gasteiger partial charge in [-0.1, -0.05) is 84.9 Å². The molecule has 4 aromatic carbocycles. The van der Waals surface area contributed by atoms with Crippen molar-refractivity contribution in [2.75, 3.05) is 0 Å². The van der Waals surface area contributed by atoms with Crippen molar-refractivity contribution in [3.8, 4) is 44.6 Å². The lowest BCUT2D eigenvalue weighted by molar-refractivity contribution is 0.871. The topological polar surface area (TPSA) is 38.7 Å². The Morgan fingerprint density at radius 2 is 1.36 bits per heavy atom. The summed E-state index contributed by atoms with van der Waals surface area (Å²) in [6.45, 7) is 4.38. The molecular weight excluding hydrogens is 402 g/mol. The Morgan fingerprint density at radius 1 is 0.667 bits per heavy atom. The monoisotopic (exact) mass is 425 g/mol. The molecule has 0 saturated heterocycles. The van der Waals surface area contributed by atoms with E-state index < -0.39 is 0 Å². The van der Waals surface area contributed by atoms with E-state index in [0.29, 0.717) is 0 Å². The van der Waals surface area contributed by atoms with E-state index in [-0.39, 0.29) is 0 Å². The van der Waals surface area contributed by atoms with Gasteiger partial charge in [0.1, 0.15) is 5.69 Å². The predicted molar refractivity (Wildman–Crippen MR) is 134 cm³/mol. The Kier molecular flexibility index (Phi) is 4.62. The molecule has 0 spiro atoms. The molecule has 0 N–H and O–H groups in total. The predicted octanol–water partition coefficient (Wildman–Crippen LogP) is 7.06. The minimum absolute atomic E-state index is 0.902. The lowest BCUT2D eigenvalue weighted by atomic mass is 9.87. The van der Waals surface area contributed by atoms with E-state index >= 15 is 0 Å². The van der Waals surface area contributed by atoms with Crippen molar-refractivity contribution in [3.05, 3.63) is 113 Å². The molecule has 5 aromatic rings. The number of rotatable bonds is 3. The van der Waals surface area contributed by atoms with Crippen LogP contribution in [-0.4, -0.2) is 15.4 Å². The largest absolute Gasteiger partial charge is 0.138 e. The van der Waals surface area contributed by atoms with E-state index in [2.05, 4.69) is 108 Å². The maximum absolute atomic E-state index is 4.64. The third kappa shape index (κ3) is 3.16. The van der Waals surface area contributed by atoms with Gasteiger partial charge in [0, 0.05) is 11.1 Å². The molecule has 0 saturated carbocycles. The van der Waals surface area contributed by atoms with Crippen molar-refractivity contribution in [2.24, 2.45) is 0 Å². The highest BCUT2D eigenvalue weighted by Gasteiger charge is 2.26. The summed E-state index contributed by atoms with van der Waals surface area (Å²) in [6.07, 6.45) is 2.77. The van der Waals surface area contributed by atoms with Gasteiger partial charge in [-0.25, -0.2) is 0 Å². The molecule has 0 bridgehead atoms. The molecule has 33 heavy (non-hydrogen) atoms. The van der Waals surface area contributed by atoms with Gasteiger partial charge >= 0.3 is 0 Å². The van der Waals surface area contributed by atoms with E-state index in [0.717, 1.165) is 23.2 Å². The molecule has 0 fully saturated rings. The lowest BCUT2D eigenvalue weighted by Crippen LogP contribution is -2.02. The molecule has 158 valence electrons. The number of aromatic nitrogens is 3. The summed E-state index contributed by atoms with van der Waals surface area (Å²) in [5, 5.41) is 12.9. The van der Waals surface area contributed by atoms with Crippen LogP contribution < -0.4 is 0 Å². The second-order valence-corrected chi connectivity index (χ2v) is 8.66. The van der Waals surface area contributed by atoms with Crippen LogP contribution in [-0.2, 0) is 6.42 Å². The summed E-state index contributed by atoms with van der Waals surface area (Å²) >= 11 is 0. The molecule has 0 unspecified atom stereocenters. The first-order chi connectivity index (χ1) is 16.2. The lowest BCUT2D eigenvalue weighted by Gasteiger charge is -2.18. The molecule has 6 rings (SSSR count). The molecule has 0 atom stereocenters. The van der Waals surface area contributed by atoms with Crippen LogP contribution in [0.2, 0.25) is 0 Å². The fourth-order valence-electron chi connectivity index (χ4n) is 5.08. The quantitative estimate of drug-likeness (QED) is 0.305. The molecule has 1 aliphatic carbocycles. The number of benzene rings is 4. The van der Waals surface area contributed by atoms with Gasteiger partial charge in [0.05, 0.1) is 6.20 Å². The Morgan fingerprint density at radius 3 is 2.18 bits per heavy atom. The Labute approximate surface area is 193 Å². The first-order valence-corrected chi connectivity index (χ1v) is 11.3. The Balaban J connectivity index is 1.62. The zero-order valence-corrected chi connectivity index (χ0v) is 18.7. The number of aryl methyl sites for hydroxylation is 1. The summed E-state index contributed by atoms with van der Waals surface area (Å²) in [5.74, 6) is 0. The Bertz CT molecular complexity index is 1500. The zero-order chi connectivity index (χ0) is 22.4. The molecule has 3 nitrogen and oxygen atoms in total. The average molecular weight is 426 g/mol. The van der Waals surface area contributed by atoms with Gasteiger partial charge in [-0.05, 0) is 75.6 Å². The van der Waals surface area contributed by atoms with E-state index in [1.165, 1.54) is 50.1 Å². The van der Waals surface area contributed by atoms with Gasteiger partial charge in [-0.2, -0.15) is 0 Å². The van der Waals surface area contributed by atoms with Crippen molar-refractivity contribution >= 4 is 0 Å². The second-order valence-electron chi connectivity index (χ2n) is 8.66. The van der Waals surface area contributed by atoms with Crippen LogP contribution in [0.3, 0.4) is 0 Å². The first-order valence-electron chi connectivity index (χ1n) is 11.3. The smallest absolute Gasteiger partial charge is 0.105 e. The minimum atomic E-state index is 0.902. The maximum Gasteiger partial charge on any atom is 0.105 e. The van der Waals surface area contributed by atoms with Crippen LogP contribution in [0.4, 0.5) is 0 Å². The van der Waals surface area contributed by atoms with Crippen molar-refractivity contribution < 1.29 is 0 Å². The maximum atomic E-state index is 4.64. The van der Waals surface area contributed by atoms with Gasteiger partial charge in [0.25, 0.3) is 0 Å². The second kappa shape index (κ2) is 7.79. The molecule has 0 aliphatic heterocycles. The normalized spacial score (nSPS) is 11.8. The van der Waals surface area contributed by atoms with Crippen LogP contribution >= 0.6 is 0 Å². The third-order valence-electron chi connectivity index (χ3n) is 6.81. The standard InChI is InChI=1S/C30H23N3/c1-19-16-26-24-14-7-6-12-22(24)17-27(26)29(20(19)2)30-28(18-31-33-32-30)25-15-9-8-13-23(25)21-10-4-3-5-11-21/h3-16,18H,17H2,1-2H3. The van der Waals surface area contributed by atoms with Crippen molar-refractivity contribution in [2.45, 2.75) is 20.3 Å². The van der Waals surface area contributed by atoms with Gasteiger partial charge in [-0.3, -0.25) is 0 Å². The zero-order valence-electron chi connectivity index (χ0n) is 18.7. The summed E-state index contributed by atoms with van der Waals surface area (Å²) in [6, 6.07) is 30.0. The van der Waals surface area contributed by atoms with E-state index in [1.54, 1.807) is 0 Å². The average Bonchev–Trinajstić information content (AvgIpc) is 3.23. The summed E-state index contributed by atoms with van der Waals surface area (Å²) in [7, 11) is 0. The fourth-order valence-corrected chi connectivity index (χ4v) is 5.08. The molecule has 1 aromatic heterocycles. The van der Waals surface area contributed by atoms with Crippen LogP contribution in [0.15, 0.2) is 91.1 Å². The number of fused-ring (bicyclic) bond motifs is 3. The van der Waals surface area contributed by atoms with Crippen LogP contribution in [0, 0.1) is 13.8 Å². The number of hydrogen-bond donors (Lipinski definition) is 0. The van der Waals surface area contributed by atoms with E-state index in [1.807, 2.05) is 12.3 Å². The summed E-state index contributed by atoms with van der Waals surface area (Å²) < 4.78 is 0. The molecule has 0 amide bonds. The third-order valence-corrected chi connectivity index (χ3v) is 6.81. The van der Waals surface area contributed by atoms with Crippen LogP contribution in [0.5, 0.6) is 0 Å². The molecular formula is C30H23N3. The summed E-state index contributed by atoms with van der Waals surface area (Å²) in [4.78, 5) is 0. The molecule has 1 aliphatic rings. The number of hydrogen-bond acceptors (Lipinski definition) is 3. The van der Waals surface area contributed by atoms with Crippen LogP contribution in [0.25, 0.3) is 44.6 Å². The van der Waals surface area contributed by atoms with Gasteiger partial charge < -0.3 is 0 Å². The van der Waals surface area contributed by atoms with Crippen molar-refractivity contribution in [1.29, 1.82) is 0 Å². The highest BCUT2D eigenvalue weighted by molar-refractivity contribution is 5.94. The highest BCUT2D eigenvalue weighted by Crippen LogP contribution is 2.46. The van der Waals surface area contributed by atoms with Gasteiger partial charge in [0.15, 0.2) is 0 Å². The molecule has 3 heteroatoms. The van der Waals surface area contributed by atoms with Crippen molar-refractivity contribution in [1.82, 2.24) is 15.4 Å². The van der Waals surface area contributed by atoms with Crippen molar-refractivity contribution in [3.63, 3.8) is 0 Å². The van der Waals surface area contributed by atoms with Crippen LogP contribution in [0.1, 0.15) is 22.3 Å². The summed E-state index contributed by atoms with van der Waals surface area (Å²) in [5.41, 5.74) is 14.4. The minimum Gasteiger partial charge on any atom is -0.138 e. The number of nitrogens with zero attached hydrogens (tertiary/aromatic N) is 3. The molecule has 1 heterocycles. The first kappa shape index (κ1) is 19.6. The molecule has 0 radical (unpaired) electrons. The highest BCUT2D eigenvalue weighted by atomic mass is 15.3. The van der Waals surface area contributed by atoms with Gasteiger partial charge in [0.2, 0.25) is 0 Å². The van der Waals surface area contributed by atoms with E-state index in [4.69, 9.17) is 0 Å². The van der Waals surface area contributed by atoms with Gasteiger partial charge in [-0.15, -0.1) is 10.2 Å². The van der Waals surface area contributed by atoms with E-state index in [9.17, 15) is 0 Å². The Hall–Kier alpha value is -4.11. The SMILES string of the molecule is Cc1cc2c(c(-c3nnncc3-c3ccccc3-c3ccccc3)c1C)Cc1ccccc1-2. The fraction of sp³-hybridized carbons (Fsp3) is 0.100.